The number of aromatic nitrogens is 1. The van der Waals surface area contributed by atoms with E-state index in [4.69, 9.17) is 0 Å². The van der Waals surface area contributed by atoms with Crippen LogP contribution >= 0.6 is 0 Å². The first-order valence-corrected chi connectivity index (χ1v) is 4.61. The van der Waals surface area contributed by atoms with Crippen molar-refractivity contribution < 1.29 is 0 Å². The second kappa shape index (κ2) is 4.19. The fourth-order valence-electron chi connectivity index (χ4n) is 1.50. The van der Waals surface area contributed by atoms with Crippen LogP contribution in [0.15, 0.2) is 30.6 Å². The zero-order valence-corrected chi connectivity index (χ0v) is 7.61. The highest BCUT2D eigenvalue weighted by Crippen LogP contribution is 2.06. The minimum atomic E-state index is 1.03. The zero-order valence-electron chi connectivity index (χ0n) is 7.61. The molecule has 1 radical (unpaired) electrons. The highest BCUT2D eigenvalue weighted by Gasteiger charge is 2.05. The highest BCUT2D eigenvalue weighted by atomic mass is 15.1. The zero-order chi connectivity index (χ0) is 8.93. The smallest absolute Gasteiger partial charge is 0.0271 e. The van der Waals surface area contributed by atoms with E-state index in [-0.39, 0.29) is 0 Å². The van der Waals surface area contributed by atoms with Crippen molar-refractivity contribution in [2.45, 2.75) is 13.0 Å². The lowest BCUT2D eigenvalue weighted by Crippen LogP contribution is -2.26. The molecule has 0 saturated heterocycles. The van der Waals surface area contributed by atoms with Gasteiger partial charge in [-0.2, -0.15) is 0 Å². The van der Waals surface area contributed by atoms with Crippen molar-refractivity contribution in [3.05, 3.63) is 42.2 Å². The molecule has 1 aliphatic rings. The Morgan fingerprint density at radius 2 is 2.23 bits per heavy atom. The van der Waals surface area contributed by atoms with Gasteiger partial charge in [0.1, 0.15) is 0 Å². The Morgan fingerprint density at radius 3 is 2.92 bits per heavy atom. The highest BCUT2D eigenvalue weighted by molar-refractivity contribution is 5.09. The molecule has 1 aliphatic heterocycles. The third-order valence-electron chi connectivity index (χ3n) is 2.22. The number of rotatable bonds is 2. The van der Waals surface area contributed by atoms with E-state index < -0.39 is 0 Å². The van der Waals surface area contributed by atoms with Crippen molar-refractivity contribution in [1.29, 1.82) is 0 Å². The van der Waals surface area contributed by atoms with Crippen molar-refractivity contribution in [1.82, 2.24) is 9.88 Å². The van der Waals surface area contributed by atoms with E-state index in [1.807, 2.05) is 12.4 Å². The van der Waals surface area contributed by atoms with Gasteiger partial charge in [-0.3, -0.25) is 9.88 Å². The Morgan fingerprint density at radius 1 is 1.38 bits per heavy atom. The number of hydrogen-bond donors (Lipinski definition) is 0. The van der Waals surface area contributed by atoms with Crippen LogP contribution in [0.2, 0.25) is 0 Å². The Bertz CT molecular complexity index is 279. The first kappa shape index (κ1) is 8.45. The molecular formula is C11H13N2. The van der Waals surface area contributed by atoms with Crippen LogP contribution in [-0.2, 0) is 6.54 Å². The molecule has 0 atom stereocenters. The fourth-order valence-corrected chi connectivity index (χ4v) is 1.50. The summed E-state index contributed by atoms with van der Waals surface area (Å²) in [5.41, 5.74) is 1.34. The minimum absolute atomic E-state index is 1.03. The molecule has 0 aliphatic carbocycles. The summed E-state index contributed by atoms with van der Waals surface area (Å²) in [6.45, 7) is 3.18. The molecule has 0 spiro atoms. The van der Waals surface area contributed by atoms with Gasteiger partial charge in [-0.1, -0.05) is 6.08 Å². The van der Waals surface area contributed by atoms with Crippen molar-refractivity contribution >= 4 is 0 Å². The molecule has 0 bridgehead atoms. The van der Waals surface area contributed by atoms with Gasteiger partial charge < -0.3 is 0 Å². The summed E-state index contributed by atoms with van der Waals surface area (Å²) in [5.74, 6) is 0. The largest absolute Gasteiger partial charge is 0.295 e. The topological polar surface area (TPSA) is 16.1 Å². The summed E-state index contributed by atoms with van der Waals surface area (Å²) in [4.78, 5) is 6.41. The van der Waals surface area contributed by atoms with E-state index in [0.717, 1.165) is 26.1 Å². The second-order valence-corrected chi connectivity index (χ2v) is 3.25. The summed E-state index contributed by atoms with van der Waals surface area (Å²) in [6.07, 6.45) is 10.1. The maximum atomic E-state index is 4.00. The van der Waals surface area contributed by atoms with Crippen molar-refractivity contribution in [3.63, 3.8) is 0 Å². The van der Waals surface area contributed by atoms with Crippen LogP contribution in [0.25, 0.3) is 0 Å². The Labute approximate surface area is 78.9 Å². The summed E-state index contributed by atoms with van der Waals surface area (Å²) < 4.78 is 0. The van der Waals surface area contributed by atoms with Gasteiger partial charge in [0.25, 0.3) is 0 Å². The summed E-state index contributed by atoms with van der Waals surface area (Å²) in [6, 6.07) is 4.14. The second-order valence-electron chi connectivity index (χ2n) is 3.25. The minimum Gasteiger partial charge on any atom is -0.295 e. The standard InChI is InChI=1S/C11H13N2/c1-2-8-13(9-3-1)10-11-4-6-12-7-5-11/h2,4-7H,3,8-10H2. The van der Waals surface area contributed by atoms with Gasteiger partial charge in [0.05, 0.1) is 0 Å². The maximum absolute atomic E-state index is 4.00. The fraction of sp³-hybridized carbons (Fsp3) is 0.364. The maximum Gasteiger partial charge on any atom is 0.0271 e. The molecule has 13 heavy (non-hydrogen) atoms. The van der Waals surface area contributed by atoms with Gasteiger partial charge in [-0.15, -0.1) is 0 Å². The molecular weight excluding hydrogens is 160 g/mol. The quantitative estimate of drug-likeness (QED) is 0.676. The number of pyridine rings is 1. The van der Waals surface area contributed by atoms with E-state index in [1.54, 1.807) is 0 Å². The molecule has 0 aromatic carbocycles. The third-order valence-corrected chi connectivity index (χ3v) is 2.22. The molecule has 1 aromatic heterocycles. The predicted molar refractivity (Wildman–Crippen MR) is 51.9 cm³/mol. The van der Waals surface area contributed by atoms with Gasteiger partial charge in [-0.05, 0) is 30.2 Å². The molecule has 0 N–H and O–H groups in total. The summed E-state index contributed by atoms with van der Waals surface area (Å²) in [7, 11) is 0. The first-order chi connectivity index (χ1) is 6.45. The molecule has 0 unspecified atom stereocenters. The molecule has 0 amide bonds. The number of nitrogens with zero attached hydrogens (tertiary/aromatic N) is 2. The molecule has 2 heterocycles. The molecule has 1 aromatic rings. The molecule has 2 nitrogen and oxygen atoms in total. The SMILES string of the molecule is [C]1=CCN(Cc2ccncc2)CC1. The Kier molecular flexibility index (Phi) is 2.72. The van der Waals surface area contributed by atoms with Crippen LogP contribution in [0.3, 0.4) is 0 Å². The van der Waals surface area contributed by atoms with E-state index >= 15 is 0 Å². The Balaban J connectivity index is 1.94. The average Bonchev–Trinajstić information content (AvgIpc) is 2.21. The van der Waals surface area contributed by atoms with Crippen LogP contribution in [0.4, 0.5) is 0 Å². The van der Waals surface area contributed by atoms with E-state index in [0.29, 0.717) is 0 Å². The normalized spacial score (nSPS) is 17.5. The lowest BCUT2D eigenvalue weighted by molar-refractivity contribution is 0.288. The summed E-state index contributed by atoms with van der Waals surface area (Å²) in [5, 5.41) is 0. The van der Waals surface area contributed by atoms with Crippen LogP contribution in [0, 0.1) is 6.08 Å². The van der Waals surface area contributed by atoms with Crippen molar-refractivity contribution in [3.8, 4) is 0 Å². The van der Waals surface area contributed by atoms with Crippen LogP contribution < -0.4 is 0 Å². The van der Waals surface area contributed by atoms with E-state index in [1.165, 1.54) is 5.56 Å². The van der Waals surface area contributed by atoms with Gasteiger partial charge in [0.15, 0.2) is 0 Å². The summed E-state index contributed by atoms with van der Waals surface area (Å²) >= 11 is 0. The molecule has 67 valence electrons. The molecule has 0 saturated carbocycles. The third kappa shape index (κ3) is 2.39. The van der Waals surface area contributed by atoms with Crippen LogP contribution in [0.1, 0.15) is 12.0 Å². The lowest BCUT2D eigenvalue weighted by atomic mass is 10.2. The van der Waals surface area contributed by atoms with Gasteiger partial charge >= 0.3 is 0 Å². The van der Waals surface area contributed by atoms with Gasteiger partial charge in [-0.25, -0.2) is 0 Å². The Hall–Kier alpha value is -1.15. The molecule has 0 fully saturated rings. The van der Waals surface area contributed by atoms with Crippen LogP contribution in [-0.4, -0.2) is 23.0 Å². The number of hydrogen-bond acceptors (Lipinski definition) is 2. The predicted octanol–water partition coefficient (Wildman–Crippen LogP) is 1.65. The monoisotopic (exact) mass is 173 g/mol. The molecule has 2 rings (SSSR count). The first-order valence-electron chi connectivity index (χ1n) is 4.61. The van der Waals surface area contributed by atoms with Crippen molar-refractivity contribution in [2.24, 2.45) is 0 Å². The lowest BCUT2D eigenvalue weighted by Gasteiger charge is -2.22. The van der Waals surface area contributed by atoms with E-state index in [9.17, 15) is 0 Å². The van der Waals surface area contributed by atoms with Gasteiger partial charge in [0.2, 0.25) is 0 Å². The van der Waals surface area contributed by atoms with E-state index in [2.05, 4.69) is 34.2 Å². The van der Waals surface area contributed by atoms with Crippen molar-refractivity contribution in [2.75, 3.05) is 13.1 Å². The van der Waals surface area contributed by atoms with Gasteiger partial charge in [0, 0.05) is 32.0 Å². The average molecular weight is 173 g/mol. The van der Waals surface area contributed by atoms with Crippen LogP contribution in [0.5, 0.6) is 0 Å². The molecule has 2 heteroatoms.